The van der Waals surface area contributed by atoms with Gasteiger partial charge >= 0.3 is 5.97 Å². The molecule has 3 aliphatic carbocycles. The molecule has 2 bridgehead atoms. The lowest BCUT2D eigenvalue weighted by molar-refractivity contribution is -0.137. The van der Waals surface area contributed by atoms with Crippen molar-refractivity contribution in [3.8, 4) is 5.69 Å². The first-order valence-electron chi connectivity index (χ1n) is 12.9. The molecule has 9 nitrogen and oxygen atoms in total. The lowest BCUT2D eigenvalue weighted by atomic mass is 9.50. The zero-order valence-corrected chi connectivity index (χ0v) is 21.1. The van der Waals surface area contributed by atoms with Gasteiger partial charge in [-0.2, -0.15) is 5.10 Å². The van der Waals surface area contributed by atoms with Crippen molar-refractivity contribution in [2.24, 2.45) is 11.8 Å². The van der Waals surface area contributed by atoms with E-state index in [0.29, 0.717) is 36.4 Å². The summed E-state index contributed by atoms with van der Waals surface area (Å²) in [5, 5.41) is 7.74. The Hall–Kier alpha value is -3.88. The predicted molar refractivity (Wildman–Crippen MR) is 135 cm³/mol. The van der Waals surface area contributed by atoms with E-state index in [9.17, 15) is 14.4 Å². The molecule has 3 saturated carbocycles. The summed E-state index contributed by atoms with van der Waals surface area (Å²) in [6.45, 7) is 5.07. The van der Waals surface area contributed by atoms with Crippen molar-refractivity contribution < 1.29 is 19.1 Å². The molecule has 37 heavy (non-hydrogen) atoms. The number of ether oxygens (including phenoxy) is 1. The van der Waals surface area contributed by atoms with Gasteiger partial charge < -0.3 is 19.5 Å². The zero-order chi connectivity index (χ0) is 25.7. The van der Waals surface area contributed by atoms with Gasteiger partial charge in [0.05, 0.1) is 30.3 Å². The van der Waals surface area contributed by atoms with Crippen molar-refractivity contribution >= 4 is 17.8 Å². The highest BCUT2D eigenvalue weighted by molar-refractivity contribution is 5.98. The Morgan fingerprint density at radius 2 is 1.89 bits per heavy atom. The number of esters is 1. The molecule has 2 aromatic heterocycles. The summed E-state index contributed by atoms with van der Waals surface area (Å²) in [5.74, 6) is -0.225. The van der Waals surface area contributed by atoms with E-state index in [1.165, 1.54) is 0 Å². The molecule has 0 spiro atoms. The SMILES string of the molecule is CCOC(=O)c1nn(-c2ccccc2C(=O)N2Cc3cccn3CC(C(=O)NC34CC(C3)C4)C2)cc1C. The summed E-state index contributed by atoms with van der Waals surface area (Å²) >= 11 is 0. The van der Waals surface area contributed by atoms with Gasteiger partial charge in [0, 0.05) is 42.3 Å². The molecule has 1 atom stereocenters. The third-order valence-corrected chi connectivity index (χ3v) is 7.97. The largest absolute Gasteiger partial charge is 0.461 e. The second-order valence-electron chi connectivity index (χ2n) is 10.6. The number of fused-ring (bicyclic) bond motifs is 1. The fraction of sp³-hybridized carbons (Fsp3) is 0.429. The summed E-state index contributed by atoms with van der Waals surface area (Å²) < 4.78 is 8.76. The average Bonchev–Trinajstić information content (AvgIpc) is 3.40. The Kier molecular flexibility index (Phi) is 5.66. The number of carbonyl (C=O) groups excluding carboxylic acids is 3. The minimum absolute atomic E-state index is 0.0103. The maximum Gasteiger partial charge on any atom is 0.359 e. The number of aryl methyl sites for hydroxylation is 1. The van der Waals surface area contributed by atoms with E-state index in [-0.39, 0.29) is 35.6 Å². The lowest BCUT2D eigenvalue weighted by Gasteiger charge is -2.62. The molecule has 3 aromatic rings. The smallest absolute Gasteiger partial charge is 0.359 e. The molecule has 3 heterocycles. The van der Waals surface area contributed by atoms with Gasteiger partial charge in [-0.3, -0.25) is 9.59 Å². The maximum absolute atomic E-state index is 14.0. The Balaban J connectivity index is 1.29. The maximum atomic E-state index is 14.0. The van der Waals surface area contributed by atoms with Gasteiger partial charge in [0.15, 0.2) is 5.69 Å². The van der Waals surface area contributed by atoms with Crippen LogP contribution in [0.5, 0.6) is 0 Å². The number of nitrogens with one attached hydrogen (secondary N) is 1. The first-order chi connectivity index (χ1) is 17.9. The summed E-state index contributed by atoms with van der Waals surface area (Å²) in [7, 11) is 0. The standard InChI is InChI=1S/C28H31N5O4/c1-3-37-27(36)24-18(2)14-33(30-24)23-9-5-4-8-22(23)26(35)32-16-20(15-31-10-6-7-21(31)17-32)25(34)29-28-11-19(12-28)13-28/h4-10,14,19-20H,3,11-13,15-17H2,1-2H3,(H,29,34). The number of aromatic nitrogens is 3. The second-order valence-corrected chi connectivity index (χ2v) is 10.6. The predicted octanol–water partition coefficient (Wildman–Crippen LogP) is 3.10. The first kappa shape index (κ1) is 23.5. The van der Waals surface area contributed by atoms with E-state index < -0.39 is 5.97 Å². The lowest BCUT2D eigenvalue weighted by Crippen LogP contribution is -2.69. The number of para-hydroxylation sites is 1. The molecular formula is C28H31N5O4. The van der Waals surface area contributed by atoms with Gasteiger partial charge in [0.2, 0.25) is 5.91 Å². The monoisotopic (exact) mass is 501 g/mol. The van der Waals surface area contributed by atoms with Crippen LogP contribution in [0.1, 0.15) is 58.3 Å². The van der Waals surface area contributed by atoms with Crippen molar-refractivity contribution in [2.45, 2.75) is 51.7 Å². The molecule has 9 heteroatoms. The third-order valence-electron chi connectivity index (χ3n) is 7.97. The normalized spacial score (nSPS) is 23.8. The topological polar surface area (TPSA) is 98.5 Å². The summed E-state index contributed by atoms with van der Waals surface area (Å²) in [4.78, 5) is 41.4. The Labute approximate surface area is 215 Å². The van der Waals surface area contributed by atoms with E-state index in [1.54, 1.807) is 35.7 Å². The Morgan fingerprint density at radius 1 is 1.11 bits per heavy atom. The average molecular weight is 502 g/mol. The molecule has 4 aliphatic rings. The number of nitrogens with zero attached hydrogens (tertiary/aromatic N) is 4. The Bertz CT molecular complexity index is 1370. The highest BCUT2D eigenvalue weighted by Gasteiger charge is 2.57. The second kappa shape index (κ2) is 8.90. The van der Waals surface area contributed by atoms with Crippen molar-refractivity contribution in [2.75, 3.05) is 13.2 Å². The fourth-order valence-electron chi connectivity index (χ4n) is 5.92. The van der Waals surface area contributed by atoms with Gasteiger partial charge in [-0.1, -0.05) is 12.1 Å². The van der Waals surface area contributed by atoms with Crippen molar-refractivity contribution in [3.05, 3.63) is 71.3 Å². The van der Waals surface area contributed by atoms with Crippen LogP contribution >= 0.6 is 0 Å². The molecule has 192 valence electrons. The van der Waals surface area contributed by atoms with Crippen LogP contribution in [0.15, 0.2) is 48.8 Å². The highest BCUT2D eigenvalue weighted by atomic mass is 16.5. The molecule has 1 N–H and O–H groups in total. The minimum atomic E-state index is -0.492. The van der Waals surface area contributed by atoms with Crippen LogP contribution in [0.3, 0.4) is 0 Å². The molecule has 1 aromatic carbocycles. The van der Waals surface area contributed by atoms with Crippen LogP contribution in [0.2, 0.25) is 0 Å². The quantitative estimate of drug-likeness (QED) is 0.524. The Morgan fingerprint density at radius 3 is 2.62 bits per heavy atom. The van der Waals surface area contributed by atoms with Gasteiger partial charge in [0.25, 0.3) is 5.91 Å². The van der Waals surface area contributed by atoms with E-state index in [0.717, 1.165) is 30.9 Å². The summed E-state index contributed by atoms with van der Waals surface area (Å²) in [5.41, 5.74) is 2.90. The van der Waals surface area contributed by atoms with Crippen LogP contribution in [0.25, 0.3) is 5.69 Å². The summed E-state index contributed by atoms with van der Waals surface area (Å²) in [6.07, 6.45) is 6.93. The summed E-state index contributed by atoms with van der Waals surface area (Å²) in [6, 6.07) is 11.2. The molecule has 1 aliphatic heterocycles. The molecule has 3 fully saturated rings. The van der Waals surface area contributed by atoms with Crippen LogP contribution in [-0.2, 0) is 22.6 Å². The van der Waals surface area contributed by atoms with E-state index in [2.05, 4.69) is 15.0 Å². The van der Waals surface area contributed by atoms with E-state index in [1.807, 2.05) is 36.5 Å². The van der Waals surface area contributed by atoms with Crippen molar-refractivity contribution in [3.63, 3.8) is 0 Å². The number of hydrogen-bond acceptors (Lipinski definition) is 5. The van der Waals surface area contributed by atoms with Crippen molar-refractivity contribution in [1.29, 1.82) is 0 Å². The number of amides is 2. The van der Waals surface area contributed by atoms with Gasteiger partial charge in [-0.25, -0.2) is 9.48 Å². The van der Waals surface area contributed by atoms with E-state index in [4.69, 9.17) is 4.74 Å². The van der Waals surface area contributed by atoms with Crippen LogP contribution < -0.4 is 5.32 Å². The molecular weight excluding hydrogens is 470 g/mol. The van der Waals surface area contributed by atoms with Crippen molar-refractivity contribution in [1.82, 2.24) is 24.6 Å². The first-order valence-corrected chi connectivity index (χ1v) is 12.9. The third kappa shape index (κ3) is 4.12. The molecule has 0 radical (unpaired) electrons. The van der Waals surface area contributed by atoms with Gasteiger partial charge in [0.1, 0.15) is 0 Å². The zero-order valence-electron chi connectivity index (χ0n) is 21.1. The van der Waals surface area contributed by atoms with E-state index >= 15 is 0 Å². The number of carbonyl (C=O) groups is 3. The van der Waals surface area contributed by atoms with Gasteiger partial charge in [-0.05, 0) is 63.3 Å². The highest BCUT2D eigenvalue weighted by Crippen LogP contribution is 2.57. The molecule has 1 unspecified atom stereocenters. The fourth-order valence-corrected chi connectivity index (χ4v) is 5.92. The number of benzene rings is 1. The van der Waals surface area contributed by atoms with Crippen LogP contribution in [0, 0.1) is 18.8 Å². The van der Waals surface area contributed by atoms with Crippen LogP contribution in [-0.4, -0.2) is 55.7 Å². The van der Waals surface area contributed by atoms with Crippen LogP contribution in [0.4, 0.5) is 0 Å². The number of rotatable bonds is 6. The molecule has 7 rings (SSSR count). The van der Waals surface area contributed by atoms with Gasteiger partial charge in [-0.15, -0.1) is 0 Å². The number of hydrogen-bond donors (Lipinski definition) is 1. The molecule has 2 amide bonds. The molecule has 0 saturated heterocycles. The minimum Gasteiger partial charge on any atom is -0.461 e.